The van der Waals surface area contributed by atoms with E-state index < -0.39 is 18.0 Å². The first-order valence-corrected chi connectivity index (χ1v) is 9.66. The molecule has 1 aromatic heterocycles. The number of carbonyl (C=O) groups excluding carboxylic acids is 2. The number of aryl methyl sites for hydroxylation is 1. The number of nitrogens with zero attached hydrogens (tertiary/aromatic N) is 3. The molecule has 0 spiro atoms. The van der Waals surface area contributed by atoms with Crippen LogP contribution in [0.2, 0.25) is 0 Å². The monoisotopic (exact) mass is 402 g/mol. The summed E-state index contributed by atoms with van der Waals surface area (Å²) < 4.78 is 7.41. The lowest BCUT2D eigenvalue weighted by Crippen LogP contribution is -2.30. The summed E-state index contributed by atoms with van der Waals surface area (Å²) in [6, 6.07) is 12.7. The smallest absolute Gasteiger partial charge is 0.349 e. The number of nitriles is 2. The van der Waals surface area contributed by atoms with Crippen molar-refractivity contribution in [2.75, 3.05) is 5.32 Å². The van der Waals surface area contributed by atoms with Gasteiger partial charge in [-0.15, -0.1) is 0 Å². The third kappa shape index (κ3) is 4.59. The fraction of sp³-hybridized carbons (Fsp3) is 0.304. The number of anilines is 1. The number of rotatable bonds is 6. The Bertz CT molecular complexity index is 1110. The van der Waals surface area contributed by atoms with Crippen molar-refractivity contribution >= 4 is 23.6 Å². The number of ether oxygens (including phenoxy) is 1. The third-order valence-corrected chi connectivity index (χ3v) is 4.99. The van der Waals surface area contributed by atoms with Gasteiger partial charge in [0, 0.05) is 23.1 Å². The van der Waals surface area contributed by atoms with E-state index in [2.05, 4.69) is 9.88 Å². The van der Waals surface area contributed by atoms with Crippen LogP contribution in [0.1, 0.15) is 48.3 Å². The molecule has 0 saturated heterocycles. The Hall–Kier alpha value is -3.84. The van der Waals surface area contributed by atoms with Crippen LogP contribution in [0.25, 0.3) is 6.08 Å². The van der Waals surface area contributed by atoms with Crippen LogP contribution in [0.4, 0.5) is 5.69 Å². The lowest BCUT2D eigenvalue weighted by Gasteiger charge is -2.13. The van der Waals surface area contributed by atoms with E-state index >= 15 is 0 Å². The molecule has 0 radical (unpaired) electrons. The lowest BCUT2D eigenvalue weighted by atomic mass is 10.1. The van der Waals surface area contributed by atoms with E-state index in [1.807, 2.05) is 32.1 Å². The molecule has 1 fully saturated rings. The SMILES string of the molecule is Cc1cc(/C=C(\C#N)C(=O)O[C@@H](C)C(=O)Nc2cccc(C#N)c2)c(C)n1C1CC1. The predicted molar refractivity (Wildman–Crippen MR) is 111 cm³/mol. The van der Waals surface area contributed by atoms with Crippen molar-refractivity contribution in [3.8, 4) is 12.1 Å². The Morgan fingerprint density at radius 2 is 2.00 bits per heavy atom. The number of hydrogen-bond donors (Lipinski definition) is 1. The average molecular weight is 402 g/mol. The summed E-state index contributed by atoms with van der Waals surface area (Å²) in [5, 5.41) is 21.0. The normalized spacial score (nSPS) is 14.4. The van der Waals surface area contributed by atoms with Gasteiger partial charge in [-0.2, -0.15) is 10.5 Å². The van der Waals surface area contributed by atoms with Crippen molar-refractivity contribution in [2.24, 2.45) is 0 Å². The zero-order valence-corrected chi connectivity index (χ0v) is 17.1. The maximum atomic E-state index is 12.5. The summed E-state index contributed by atoms with van der Waals surface area (Å²) in [5.74, 6) is -1.41. The summed E-state index contributed by atoms with van der Waals surface area (Å²) in [7, 11) is 0. The second-order valence-corrected chi connectivity index (χ2v) is 7.33. The summed E-state index contributed by atoms with van der Waals surface area (Å²) in [5.41, 5.74) is 3.52. The first-order chi connectivity index (χ1) is 14.3. The van der Waals surface area contributed by atoms with Gasteiger partial charge in [-0.3, -0.25) is 4.79 Å². The fourth-order valence-corrected chi connectivity index (χ4v) is 3.32. The molecule has 2 aromatic rings. The van der Waals surface area contributed by atoms with Crippen LogP contribution in [-0.4, -0.2) is 22.5 Å². The molecule has 0 unspecified atom stereocenters. The largest absolute Gasteiger partial charge is 0.448 e. The number of benzene rings is 1. The maximum absolute atomic E-state index is 12.5. The van der Waals surface area contributed by atoms with Crippen LogP contribution in [0.5, 0.6) is 0 Å². The van der Waals surface area contributed by atoms with Gasteiger partial charge in [-0.25, -0.2) is 4.79 Å². The minimum absolute atomic E-state index is 0.169. The highest BCUT2D eigenvalue weighted by Gasteiger charge is 2.27. The molecule has 0 bridgehead atoms. The van der Waals surface area contributed by atoms with Gasteiger partial charge < -0.3 is 14.6 Å². The average Bonchev–Trinajstić information content (AvgIpc) is 3.51. The van der Waals surface area contributed by atoms with Gasteiger partial charge >= 0.3 is 5.97 Å². The summed E-state index contributed by atoms with van der Waals surface area (Å²) in [6.07, 6.45) is 2.66. The topological polar surface area (TPSA) is 108 Å². The molecule has 1 aliphatic carbocycles. The molecule has 1 amide bonds. The van der Waals surface area contributed by atoms with Gasteiger partial charge in [0.1, 0.15) is 11.6 Å². The highest BCUT2D eigenvalue weighted by Crippen LogP contribution is 2.38. The first-order valence-electron chi connectivity index (χ1n) is 9.66. The third-order valence-electron chi connectivity index (χ3n) is 4.99. The second kappa shape index (κ2) is 8.67. The summed E-state index contributed by atoms with van der Waals surface area (Å²) in [6.45, 7) is 5.39. The Morgan fingerprint density at radius 1 is 1.27 bits per heavy atom. The molecule has 7 nitrogen and oxygen atoms in total. The van der Waals surface area contributed by atoms with Crippen molar-refractivity contribution in [1.82, 2.24) is 4.57 Å². The number of esters is 1. The Balaban J connectivity index is 1.69. The van der Waals surface area contributed by atoms with E-state index in [4.69, 9.17) is 10.00 Å². The van der Waals surface area contributed by atoms with E-state index in [-0.39, 0.29) is 5.57 Å². The molecule has 0 aliphatic heterocycles. The minimum Gasteiger partial charge on any atom is -0.448 e. The van der Waals surface area contributed by atoms with Gasteiger partial charge in [0.15, 0.2) is 6.10 Å². The molecule has 30 heavy (non-hydrogen) atoms. The zero-order chi connectivity index (χ0) is 21.8. The van der Waals surface area contributed by atoms with Crippen LogP contribution in [0.15, 0.2) is 35.9 Å². The van der Waals surface area contributed by atoms with E-state index in [9.17, 15) is 14.9 Å². The molecular weight excluding hydrogens is 380 g/mol. The quantitative estimate of drug-likeness (QED) is 0.449. The minimum atomic E-state index is -1.11. The van der Waals surface area contributed by atoms with Gasteiger partial charge in [-0.05, 0) is 69.5 Å². The van der Waals surface area contributed by atoms with E-state index in [0.717, 1.165) is 29.8 Å². The van der Waals surface area contributed by atoms with Gasteiger partial charge in [-0.1, -0.05) is 6.07 Å². The van der Waals surface area contributed by atoms with Crippen molar-refractivity contribution in [3.05, 3.63) is 58.4 Å². The molecule has 1 saturated carbocycles. The molecule has 1 atom stereocenters. The molecule has 3 rings (SSSR count). The van der Waals surface area contributed by atoms with Crippen LogP contribution in [0, 0.1) is 36.5 Å². The Kier molecular flexibility index (Phi) is 6.03. The predicted octanol–water partition coefficient (Wildman–Crippen LogP) is 3.79. The van der Waals surface area contributed by atoms with Gasteiger partial charge in [0.25, 0.3) is 5.91 Å². The molecule has 1 aliphatic rings. The summed E-state index contributed by atoms with van der Waals surface area (Å²) in [4.78, 5) is 24.8. The standard InChI is InChI=1S/C23H22N4O3/c1-14-9-18(15(2)27(14)21-7-8-21)11-19(13-25)23(29)30-16(3)22(28)26-20-6-4-5-17(10-20)12-24/h4-6,9-11,16,21H,7-8H2,1-3H3,(H,26,28)/b19-11+/t16-/m0/s1. The number of amides is 1. The number of hydrogen-bond acceptors (Lipinski definition) is 5. The van der Waals surface area contributed by atoms with Crippen molar-refractivity contribution < 1.29 is 14.3 Å². The maximum Gasteiger partial charge on any atom is 0.349 e. The highest BCUT2D eigenvalue weighted by atomic mass is 16.5. The van der Waals surface area contributed by atoms with E-state index in [1.54, 1.807) is 18.2 Å². The van der Waals surface area contributed by atoms with Gasteiger partial charge in [0.05, 0.1) is 11.6 Å². The molecule has 1 N–H and O–H groups in total. The van der Waals surface area contributed by atoms with Crippen molar-refractivity contribution in [3.63, 3.8) is 0 Å². The lowest BCUT2D eigenvalue weighted by molar-refractivity contribution is -0.148. The van der Waals surface area contributed by atoms with Crippen molar-refractivity contribution in [1.29, 1.82) is 10.5 Å². The van der Waals surface area contributed by atoms with Crippen LogP contribution < -0.4 is 5.32 Å². The second-order valence-electron chi connectivity index (χ2n) is 7.33. The highest BCUT2D eigenvalue weighted by molar-refractivity contribution is 6.01. The Morgan fingerprint density at radius 3 is 2.63 bits per heavy atom. The zero-order valence-electron chi connectivity index (χ0n) is 17.1. The summed E-state index contributed by atoms with van der Waals surface area (Å²) >= 11 is 0. The molecule has 1 heterocycles. The van der Waals surface area contributed by atoms with E-state index in [0.29, 0.717) is 17.3 Å². The van der Waals surface area contributed by atoms with Crippen LogP contribution >= 0.6 is 0 Å². The molecular formula is C23H22N4O3. The number of carbonyl (C=O) groups is 2. The van der Waals surface area contributed by atoms with Gasteiger partial charge in [0.2, 0.25) is 0 Å². The molecule has 7 heteroatoms. The van der Waals surface area contributed by atoms with Crippen LogP contribution in [-0.2, 0) is 14.3 Å². The molecule has 152 valence electrons. The fourth-order valence-electron chi connectivity index (χ4n) is 3.32. The molecule has 1 aromatic carbocycles. The number of aromatic nitrogens is 1. The van der Waals surface area contributed by atoms with Crippen molar-refractivity contribution in [2.45, 2.75) is 45.8 Å². The number of nitrogens with one attached hydrogen (secondary N) is 1. The van der Waals surface area contributed by atoms with Crippen LogP contribution in [0.3, 0.4) is 0 Å². The Labute approximate surface area is 175 Å². The van der Waals surface area contributed by atoms with E-state index in [1.165, 1.54) is 19.1 Å². The first kappa shape index (κ1) is 20.9.